The number of rotatable bonds is 3. The first kappa shape index (κ1) is 10.8. The Balaban J connectivity index is 1.89. The zero-order chi connectivity index (χ0) is 10.8. The van der Waals surface area contributed by atoms with Gasteiger partial charge in [-0.2, -0.15) is 10.2 Å². The second-order valence-electron chi connectivity index (χ2n) is 3.76. The van der Waals surface area contributed by atoms with E-state index in [1.165, 1.54) is 5.71 Å². The molecule has 5 nitrogen and oxygen atoms in total. The Hall–Kier alpha value is -0.660. The highest BCUT2D eigenvalue weighted by atomic mass is 127. The molecule has 1 aromatic heterocycles. The summed E-state index contributed by atoms with van der Waals surface area (Å²) >= 11 is 2.37. The molecule has 0 saturated carbocycles. The lowest BCUT2D eigenvalue weighted by atomic mass is 10.0. The van der Waals surface area contributed by atoms with E-state index in [9.17, 15) is 0 Å². The molecule has 1 aliphatic rings. The molecule has 1 aromatic rings. The predicted octanol–water partition coefficient (Wildman–Crippen LogP) is 1.40. The molecule has 0 aliphatic carbocycles. The quantitative estimate of drug-likeness (QED) is 0.503. The molecule has 0 amide bonds. The number of halogens is 1. The fourth-order valence-electron chi connectivity index (χ4n) is 1.55. The standard InChI is InChI=1S/C9H14IN5/c1-5-7(13-15-9(5)10)3-4-8-11-6(2)12-14-8/h5,9,15H,3-4H2,1-2H3,(H,11,12,14). The normalized spacial score (nSPS) is 25.1. The second-order valence-corrected chi connectivity index (χ2v) is 5.10. The fraction of sp³-hybridized carbons (Fsp3) is 0.667. The van der Waals surface area contributed by atoms with Crippen molar-refractivity contribution in [2.45, 2.75) is 30.7 Å². The van der Waals surface area contributed by atoms with Crippen molar-refractivity contribution in [3.8, 4) is 0 Å². The number of nitrogens with zero attached hydrogens (tertiary/aromatic N) is 3. The maximum Gasteiger partial charge on any atom is 0.151 e. The van der Waals surface area contributed by atoms with Gasteiger partial charge in [0.05, 0.1) is 0 Å². The van der Waals surface area contributed by atoms with Crippen molar-refractivity contribution in [3.05, 3.63) is 11.6 Å². The first-order chi connectivity index (χ1) is 7.16. The van der Waals surface area contributed by atoms with Gasteiger partial charge in [-0.25, -0.2) is 4.98 Å². The number of hydrogen-bond acceptors (Lipinski definition) is 4. The van der Waals surface area contributed by atoms with Gasteiger partial charge in [0.1, 0.15) is 9.87 Å². The maximum atomic E-state index is 4.31. The topological polar surface area (TPSA) is 66.0 Å². The summed E-state index contributed by atoms with van der Waals surface area (Å²) in [5.41, 5.74) is 4.31. The Morgan fingerprint density at radius 1 is 1.40 bits per heavy atom. The molecule has 2 heterocycles. The van der Waals surface area contributed by atoms with Crippen LogP contribution in [0.1, 0.15) is 25.0 Å². The molecule has 1 aliphatic heterocycles. The van der Waals surface area contributed by atoms with Crippen LogP contribution in [0.15, 0.2) is 5.10 Å². The van der Waals surface area contributed by atoms with Crippen LogP contribution in [-0.2, 0) is 6.42 Å². The number of nitrogens with one attached hydrogen (secondary N) is 2. The van der Waals surface area contributed by atoms with Crippen LogP contribution in [0.25, 0.3) is 0 Å². The van der Waals surface area contributed by atoms with E-state index in [1.54, 1.807) is 0 Å². The molecule has 0 aromatic carbocycles. The number of aromatic amines is 1. The van der Waals surface area contributed by atoms with Gasteiger partial charge < -0.3 is 0 Å². The number of hydrazone groups is 1. The van der Waals surface area contributed by atoms with Crippen LogP contribution < -0.4 is 5.43 Å². The van der Waals surface area contributed by atoms with Crippen LogP contribution in [0.3, 0.4) is 0 Å². The monoisotopic (exact) mass is 319 g/mol. The average molecular weight is 319 g/mol. The summed E-state index contributed by atoms with van der Waals surface area (Å²) in [7, 11) is 0. The van der Waals surface area contributed by atoms with Crippen LogP contribution in [0.5, 0.6) is 0 Å². The Morgan fingerprint density at radius 3 is 2.73 bits per heavy atom. The molecular formula is C9H14IN5. The van der Waals surface area contributed by atoms with E-state index < -0.39 is 0 Å². The van der Waals surface area contributed by atoms with Crippen LogP contribution >= 0.6 is 22.6 Å². The van der Waals surface area contributed by atoms with Crippen molar-refractivity contribution in [3.63, 3.8) is 0 Å². The third-order valence-corrected chi connectivity index (χ3v) is 3.90. The van der Waals surface area contributed by atoms with E-state index in [4.69, 9.17) is 0 Å². The molecule has 0 bridgehead atoms. The molecule has 15 heavy (non-hydrogen) atoms. The molecule has 2 rings (SSSR count). The number of aromatic nitrogens is 3. The Bertz CT molecular complexity index is 372. The summed E-state index contributed by atoms with van der Waals surface area (Å²) in [6.45, 7) is 4.10. The van der Waals surface area contributed by atoms with Crippen molar-refractivity contribution < 1.29 is 0 Å². The van der Waals surface area contributed by atoms with Crippen molar-refractivity contribution in [2.24, 2.45) is 11.0 Å². The van der Waals surface area contributed by atoms with E-state index >= 15 is 0 Å². The molecule has 2 atom stereocenters. The Morgan fingerprint density at radius 2 is 2.20 bits per heavy atom. The molecule has 0 spiro atoms. The molecule has 6 heteroatoms. The highest BCUT2D eigenvalue weighted by molar-refractivity contribution is 14.1. The van der Waals surface area contributed by atoms with Crippen LogP contribution in [0, 0.1) is 12.8 Å². The molecule has 0 radical (unpaired) electrons. The lowest BCUT2D eigenvalue weighted by Crippen LogP contribution is -2.20. The van der Waals surface area contributed by atoms with Gasteiger partial charge in [0.2, 0.25) is 0 Å². The lowest BCUT2D eigenvalue weighted by molar-refractivity contribution is 0.677. The largest absolute Gasteiger partial charge is 0.297 e. The second kappa shape index (κ2) is 4.46. The summed E-state index contributed by atoms with van der Waals surface area (Å²) in [6.07, 6.45) is 1.80. The predicted molar refractivity (Wildman–Crippen MR) is 67.0 cm³/mol. The van der Waals surface area contributed by atoms with Crippen molar-refractivity contribution >= 4 is 28.3 Å². The van der Waals surface area contributed by atoms with Gasteiger partial charge in [0.25, 0.3) is 0 Å². The van der Waals surface area contributed by atoms with Gasteiger partial charge in [0, 0.05) is 18.1 Å². The minimum Gasteiger partial charge on any atom is -0.297 e. The lowest BCUT2D eigenvalue weighted by Gasteiger charge is -2.08. The van der Waals surface area contributed by atoms with Gasteiger partial charge in [-0.05, 0) is 13.3 Å². The van der Waals surface area contributed by atoms with E-state index in [2.05, 4.69) is 55.2 Å². The third kappa shape index (κ3) is 2.47. The first-order valence-corrected chi connectivity index (χ1v) is 6.25. The van der Waals surface area contributed by atoms with Crippen LogP contribution in [-0.4, -0.2) is 24.9 Å². The smallest absolute Gasteiger partial charge is 0.151 e. The van der Waals surface area contributed by atoms with Gasteiger partial charge >= 0.3 is 0 Å². The van der Waals surface area contributed by atoms with Gasteiger partial charge in [0.15, 0.2) is 5.82 Å². The number of hydrogen-bond donors (Lipinski definition) is 2. The van der Waals surface area contributed by atoms with Gasteiger partial charge in [-0.1, -0.05) is 29.5 Å². The number of H-pyrrole nitrogens is 1. The Kier molecular flexibility index (Phi) is 3.22. The average Bonchev–Trinajstić information content (AvgIpc) is 2.74. The highest BCUT2D eigenvalue weighted by Crippen LogP contribution is 2.20. The van der Waals surface area contributed by atoms with Gasteiger partial charge in [-0.3, -0.25) is 10.5 Å². The van der Waals surface area contributed by atoms with E-state index in [1.807, 2.05) is 6.92 Å². The minimum absolute atomic E-state index is 0.423. The minimum atomic E-state index is 0.423. The first-order valence-electron chi connectivity index (χ1n) is 5.00. The van der Waals surface area contributed by atoms with Crippen LogP contribution in [0.2, 0.25) is 0 Å². The van der Waals surface area contributed by atoms with E-state index in [0.717, 1.165) is 24.5 Å². The zero-order valence-electron chi connectivity index (χ0n) is 8.79. The summed E-state index contributed by atoms with van der Waals surface area (Å²) in [6, 6.07) is 0. The van der Waals surface area contributed by atoms with E-state index in [0.29, 0.717) is 9.97 Å². The number of aryl methyl sites for hydroxylation is 2. The van der Waals surface area contributed by atoms with Gasteiger partial charge in [-0.15, -0.1) is 0 Å². The molecule has 82 valence electrons. The molecular weight excluding hydrogens is 305 g/mol. The molecule has 0 fully saturated rings. The summed E-state index contributed by atoms with van der Waals surface area (Å²) in [5, 5.41) is 11.3. The van der Waals surface area contributed by atoms with Crippen LogP contribution in [0.4, 0.5) is 0 Å². The summed E-state index contributed by atoms with van der Waals surface area (Å²) < 4.78 is 0.423. The fourth-order valence-corrected chi connectivity index (χ4v) is 2.11. The van der Waals surface area contributed by atoms with Crippen molar-refractivity contribution in [1.29, 1.82) is 0 Å². The third-order valence-electron chi connectivity index (χ3n) is 2.54. The summed E-state index contributed by atoms with van der Waals surface area (Å²) in [4.78, 5) is 4.27. The molecule has 2 unspecified atom stereocenters. The number of alkyl halides is 1. The maximum absolute atomic E-state index is 4.31. The highest BCUT2D eigenvalue weighted by Gasteiger charge is 2.24. The van der Waals surface area contributed by atoms with Crippen molar-refractivity contribution in [2.75, 3.05) is 0 Å². The SMILES string of the molecule is Cc1nc(CCC2=NNC(I)C2C)n[nH]1. The van der Waals surface area contributed by atoms with E-state index in [-0.39, 0.29) is 0 Å². The molecule has 0 saturated heterocycles. The molecule has 2 N–H and O–H groups in total. The van der Waals surface area contributed by atoms with Crippen molar-refractivity contribution in [1.82, 2.24) is 20.6 Å². The zero-order valence-corrected chi connectivity index (χ0v) is 10.9. The Labute approximate surface area is 102 Å². The summed E-state index contributed by atoms with van der Waals surface area (Å²) in [5.74, 6) is 2.25.